The molecule has 0 radical (unpaired) electrons. The van der Waals surface area contributed by atoms with Crippen LogP contribution in [0, 0.1) is 5.92 Å². The Morgan fingerprint density at radius 1 is 1.35 bits per heavy atom. The third kappa shape index (κ3) is 3.47. The lowest BCUT2D eigenvalue weighted by Crippen LogP contribution is -2.17. The molecule has 0 amide bonds. The third-order valence-corrected chi connectivity index (χ3v) is 3.35. The maximum Gasteiger partial charge on any atom is 0.119 e. The summed E-state index contributed by atoms with van der Waals surface area (Å²) in [6, 6.07) is 8.58. The first-order valence-corrected chi connectivity index (χ1v) is 6.78. The first-order chi connectivity index (χ1) is 8.35. The molecule has 2 atom stereocenters. The Balaban J connectivity index is 1.85. The van der Waals surface area contributed by atoms with Gasteiger partial charge in [-0.1, -0.05) is 19.1 Å². The summed E-state index contributed by atoms with van der Waals surface area (Å²) < 4.78 is 5.54. The summed E-state index contributed by atoms with van der Waals surface area (Å²) in [5.41, 5.74) is 1.44. The summed E-state index contributed by atoms with van der Waals surface area (Å²) in [7, 11) is 0. The van der Waals surface area contributed by atoms with Crippen LogP contribution in [0.1, 0.15) is 38.2 Å². The first-order valence-electron chi connectivity index (χ1n) is 6.78. The lowest BCUT2D eigenvalue weighted by Gasteiger charge is -2.06. The van der Waals surface area contributed by atoms with E-state index in [2.05, 4.69) is 30.4 Å². The Morgan fingerprint density at radius 3 is 3.00 bits per heavy atom. The predicted octanol–water partition coefficient (Wildman–Crippen LogP) is 3.19. The highest BCUT2D eigenvalue weighted by molar-refractivity contribution is 5.34. The van der Waals surface area contributed by atoms with Crippen LogP contribution in [0.4, 0.5) is 0 Å². The van der Waals surface area contributed by atoms with Crippen LogP contribution >= 0.6 is 0 Å². The average molecular weight is 233 g/mol. The molecule has 2 rings (SSSR count). The molecule has 2 nitrogen and oxygen atoms in total. The number of hydrogen-bond donors (Lipinski definition) is 1. The van der Waals surface area contributed by atoms with E-state index in [9.17, 15) is 0 Å². The van der Waals surface area contributed by atoms with E-state index in [1.807, 2.05) is 13.0 Å². The fourth-order valence-corrected chi connectivity index (χ4v) is 2.35. The third-order valence-electron chi connectivity index (χ3n) is 3.35. The minimum Gasteiger partial charge on any atom is -0.494 e. The lowest BCUT2D eigenvalue weighted by molar-refractivity contribution is 0.340. The summed E-state index contributed by atoms with van der Waals surface area (Å²) in [5, 5.41) is 3.51. The number of ether oxygens (including phenoxy) is 1. The van der Waals surface area contributed by atoms with Gasteiger partial charge >= 0.3 is 0 Å². The van der Waals surface area contributed by atoms with Crippen LogP contribution < -0.4 is 10.1 Å². The molecule has 2 heteroatoms. The molecule has 1 saturated carbocycles. The largest absolute Gasteiger partial charge is 0.494 e. The van der Waals surface area contributed by atoms with Gasteiger partial charge in [0.15, 0.2) is 0 Å². The normalized spacial score (nSPS) is 22.5. The van der Waals surface area contributed by atoms with Gasteiger partial charge in [0, 0.05) is 0 Å². The van der Waals surface area contributed by atoms with Crippen LogP contribution in [0.15, 0.2) is 24.3 Å². The summed E-state index contributed by atoms with van der Waals surface area (Å²) >= 11 is 0. The topological polar surface area (TPSA) is 21.3 Å². The van der Waals surface area contributed by atoms with Crippen molar-refractivity contribution in [3.63, 3.8) is 0 Å². The van der Waals surface area contributed by atoms with Crippen molar-refractivity contribution in [3.05, 3.63) is 29.8 Å². The van der Waals surface area contributed by atoms with Crippen molar-refractivity contribution in [1.29, 1.82) is 0 Å². The maximum atomic E-state index is 5.54. The molecule has 1 aromatic carbocycles. The van der Waals surface area contributed by atoms with Crippen LogP contribution in [0.25, 0.3) is 0 Å². The highest BCUT2D eigenvalue weighted by Gasteiger charge is 2.37. The molecule has 94 valence electrons. The summed E-state index contributed by atoms with van der Waals surface area (Å²) in [6.07, 6.45) is 2.55. The van der Waals surface area contributed by atoms with Gasteiger partial charge in [0.05, 0.1) is 6.61 Å². The van der Waals surface area contributed by atoms with Crippen LogP contribution in [-0.2, 0) is 0 Å². The minimum atomic E-state index is 0.746. The van der Waals surface area contributed by atoms with E-state index >= 15 is 0 Å². The number of hydrogen-bond acceptors (Lipinski definition) is 2. The molecule has 1 aliphatic rings. The van der Waals surface area contributed by atoms with Crippen molar-refractivity contribution < 1.29 is 4.74 Å². The highest BCUT2D eigenvalue weighted by atomic mass is 16.5. The zero-order valence-corrected chi connectivity index (χ0v) is 10.9. The Bertz CT molecular complexity index is 351. The second-order valence-electron chi connectivity index (χ2n) is 4.81. The van der Waals surface area contributed by atoms with Crippen molar-refractivity contribution >= 4 is 0 Å². The summed E-state index contributed by atoms with van der Waals surface area (Å²) in [5.74, 6) is 2.59. The summed E-state index contributed by atoms with van der Waals surface area (Å²) in [6.45, 7) is 7.29. The van der Waals surface area contributed by atoms with Crippen LogP contribution in [0.5, 0.6) is 5.75 Å². The number of benzene rings is 1. The van der Waals surface area contributed by atoms with Gasteiger partial charge in [0.25, 0.3) is 0 Å². The number of rotatable bonds is 7. The van der Waals surface area contributed by atoms with Gasteiger partial charge in [-0.25, -0.2) is 0 Å². The molecule has 0 saturated heterocycles. The predicted molar refractivity (Wildman–Crippen MR) is 71.6 cm³/mol. The van der Waals surface area contributed by atoms with Crippen LogP contribution in [0.2, 0.25) is 0 Å². The standard InChI is InChI=1S/C15H23NO/c1-3-8-16-11-13-10-15(13)12-6-5-7-14(9-12)17-4-2/h5-7,9,13,15-16H,3-4,8,10-11H2,1-2H3. The second kappa shape index (κ2) is 6.06. The number of nitrogens with one attached hydrogen (secondary N) is 1. The molecule has 0 aromatic heterocycles. The second-order valence-corrected chi connectivity index (χ2v) is 4.81. The Kier molecular flexibility index (Phi) is 4.43. The fraction of sp³-hybridized carbons (Fsp3) is 0.600. The van der Waals surface area contributed by atoms with E-state index in [4.69, 9.17) is 4.74 Å². The van der Waals surface area contributed by atoms with Gasteiger partial charge in [0.2, 0.25) is 0 Å². The molecule has 0 spiro atoms. The van der Waals surface area contributed by atoms with Gasteiger partial charge in [-0.2, -0.15) is 0 Å². The van der Waals surface area contributed by atoms with E-state index < -0.39 is 0 Å². The van der Waals surface area contributed by atoms with Gasteiger partial charge in [-0.3, -0.25) is 0 Å². The summed E-state index contributed by atoms with van der Waals surface area (Å²) in [4.78, 5) is 0. The van der Waals surface area contributed by atoms with E-state index in [1.54, 1.807) is 0 Å². The maximum absolute atomic E-state index is 5.54. The highest BCUT2D eigenvalue weighted by Crippen LogP contribution is 2.47. The zero-order valence-electron chi connectivity index (χ0n) is 10.9. The SMILES string of the molecule is CCCNCC1CC1c1cccc(OCC)c1. The lowest BCUT2D eigenvalue weighted by atomic mass is 10.1. The molecule has 0 aliphatic heterocycles. The first kappa shape index (κ1) is 12.4. The Hall–Kier alpha value is -1.02. The molecule has 0 heterocycles. The molecule has 1 N–H and O–H groups in total. The average Bonchev–Trinajstić information content (AvgIpc) is 3.10. The fourth-order valence-electron chi connectivity index (χ4n) is 2.35. The van der Waals surface area contributed by atoms with Gasteiger partial charge in [0.1, 0.15) is 5.75 Å². The Labute approximate surface area is 104 Å². The Morgan fingerprint density at radius 2 is 2.24 bits per heavy atom. The molecular formula is C15H23NO. The van der Waals surface area contributed by atoms with Crippen LogP contribution in [0.3, 0.4) is 0 Å². The zero-order chi connectivity index (χ0) is 12.1. The van der Waals surface area contributed by atoms with Crippen molar-refractivity contribution in [2.24, 2.45) is 5.92 Å². The van der Waals surface area contributed by atoms with E-state index in [-0.39, 0.29) is 0 Å². The van der Waals surface area contributed by atoms with Gasteiger partial charge in [-0.15, -0.1) is 0 Å². The van der Waals surface area contributed by atoms with Gasteiger partial charge in [-0.05, 0) is 62.4 Å². The van der Waals surface area contributed by atoms with Crippen LogP contribution in [-0.4, -0.2) is 19.7 Å². The molecule has 0 bridgehead atoms. The van der Waals surface area contributed by atoms with Gasteiger partial charge < -0.3 is 10.1 Å². The quantitative estimate of drug-likeness (QED) is 0.730. The molecule has 1 aliphatic carbocycles. The molecule has 2 unspecified atom stereocenters. The van der Waals surface area contributed by atoms with Crippen molar-refractivity contribution in [3.8, 4) is 5.75 Å². The molecule has 1 aromatic rings. The van der Waals surface area contributed by atoms with E-state index in [0.717, 1.165) is 37.3 Å². The van der Waals surface area contributed by atoms with Crippen molar-refractivity contribution in [2.75, 3.05) is 19.7 Å². The van der Waals surface area contributed by atoms with Crippen molar-refractivity contribution in [1.82, 2.24) is 5.32 Å². The smallest absolute Gasteiger partial charge is 0.119 e. The minimum absolute atomic E-state index is 0.746. The molecular weight excluding hydrogens is 210 g/mol. The van der Waals surface area contributed by atoms with Crippen molar-refractivity contribution in [2.45, 2.75) is 32.6 Å². The molecule has 17 heavy (non-hydrogen) atoms. The van der Waals surface area contributed by atoms with E-state index in [1.165, 1.54) is 18.4 Å². The molecule has 1 fully saturated rings. The monoisotopic (exact) mass is 233 g/mol. The van der Waals surface area contributed by atoms with E-state index in [0.29, 0.717) is 0 Å².